The largest absolute Gasteiger partial charge is 0.466 e. The maximum absolute atomic E-state index is 13.7. The first kappa shape index (κ1) is 27.4. The van der Waals surface area contributed by atoms with Crippen LogP contribution in [0.2, 0.25) is 0 Å². The molecule has 0 aromatic heterocycles. The smallest absolute Gasteiger partial charge is 0.405 e. The molecular formula is C20H38F3NO3S. The first-order chi connectivity index (χ1) is 12.9. The van der Waals surface area contributed by atoms with Crippen molar-refractivity contribution >= 4 is 17.0 Å². The average Bonchev–Trinajstić information content (AvgIpc) is 2.57. The molecule has 0 radical (unpaired) electrons. The minimum atomic E-state index is -4.70. The van der Waals surface area contributed by atoms with E-state index in [9.17, 15) is 22.2 Å². The first-order valence-corrected chi connectivity index (χ1v) is 11.5. The van der Waals surface area contributed by atoms with Gasteiger partial charge in [-0.05, 0) is 34.1 Å². The van der Waals surface area contributed by atoms with Crippen molar-refractivity contribution in [3.63, 3.8) is 0 Å². The zero-order valence-electron chi connectivity index (χ0n) is 18.0. The summed E-state index contributed by atoms with van der Waals surface area (Å²) in [6.07, 6.45) is 3.33. The predicted molar refractivity (Wildman–Crippen MR) is 108 cm³/mol. The number of ether oxygens (including phenoxy) is 1. The number of carbonyl (C=O) groups is 1. The lowest BCUT2D eigenvalue weighted by atomic mass is 9.93. The molecule has 0 aliphatic carbocycles. The van der Waals surface area contributed by atoms with Gasteiger partial charge in [0.15, 0.2) is 0 Å². The fourth-order valence-electron chi connectivity index (χ4n) is 2.84. The number of alkyl halides is 3. The lowest BCUT2D eigenvalue weighted by Crippen LogP contribution is -2.53. The van der Waals surface area contributed by atoms with Gasteiger partial charge >= 0.3 is 12.1 Å². The SMILES string of the molecule is CCCCCCCCCC[C@H](C(=O)OCC)[C@H](N[S@@](=O)C(C)(C)C)C(F)(F)F. The van der Waals surface area contributed by atoms with Crippen LogP contribution in [0, 0.1) is 5.92 Å². The minimum Gasteiger partial charge on any atom is -0.466 e. The Hall–Kier alpha value is -0.630. The van der Waals surface area contributed by atoms with Crippen molar-refractivity contribution in [3.05, 3.63) is 0 Å². The van der Waals surface area contributed by atoms with Gasteiger partial charge in [0.05, 0.1) is 28.3 Å². The Morgan fingerprint density at radius 1 is 0.964 bits per heavy atom. The summed E-state index contributed by atoms with van der Waals surface area (Å²) < 4.78 is 59.4. The Kier molecular flexibility index (Phi) is 13.3. The van der Waals surface area contributed by atoms with Crippen LogP contribution in [0.3, 0.4) is 0 Å². The zero-order chi connectivity index (χ0) is 21.8. The van der Waals surface area contributed by atoms with Crippen molar-refractivity contribution in [2.24, 2.45) is 5.92 Å². The molecule has 0 aliphatic rings. The predicted octanol–water partition coefficient (Wildman–Crippen LogP) is 5.68. The van der Waals surface area contributed by atoms with Gasteiger partial charge in [0.1, 0.15) is 6.04 Å². The van der Waals surface area contributed by atoms with E-state index in [0.29, 0.717) is 6.42 Å². The fraction of sp³-hybridized carbons (Fsp3) is 0.950. The summed E-state index contributed by atoms with van der Waals surface area (Å²) in [7, 11) is -1.95. The third kappa shape index (κ3) is 11.4. The molecule has 0 unspecified atom stereocenters. The molecule has 28 heavy (non-hydrogen) atoms. The van der Waals surface area contributed by atoms with E-state index in [0.717, 1.165) is 25.7 Å². The van der Waals surface area contributed by atoms with E-state index < -0.39 is 39.8 Å². The molecule has 8 heteroatoms. The van der Waals surface area contributed by atoms with E-state index in [4.69, 9.17) is 4.74 Å². The molecule has 0 aliphatic heterocycles. The van der Waals surface area contributed by atoms with Crippen LogP contribution in [-0.2, 0) is 20.5 Å². The van der Waals surface area contributed by atoms with Crippen LogP contribution in [-0.4, -0.2) is 33.8 Å². The summed E-state index contributed by atoms with van der Waals surface area (Å²) >= 11 is 0. The Morgan fingerprint density at radius 2 is 1.46 bits per heavy atom. The molecule has 0 aromatic carbocycles. The van der Waals surface area contributed by atoms with Crippen LogP contribution in [0.15, 0.2) is 0 Å². The number of carbonyl (C=O) groups excluding carboxylic acids is 1. The number of esters is 1. The molecule has 0 rings (SSSR count). The highest BCUT2D eigenvalue weighted by molar-refractivity contribution is 7.84. The molecule has 0 spiro atoms. The molecule has 0 amide bonds. The number of nitrogens with one attached hydrogen (secondary N) is 1. The lowest BCUT2D eigenvalue weighted by Gasteiger charge is -2.30. The molecule has 0 aromatic rings. The van der Waals surface area contributed by atoms with E-state index in [1.807, 2.05) is 0 Å². The van der Waals surface area contributed by atoms with Gasteiger partial charge in [-0.1, -0.05) is 58.3 Å². The topological polar surface area (TPSA) is 55.4 Å². The van der Waals surface area contributed by atoms with Gasteiger partial charge in [0, 0.05) is 0 Å². The molecule has 0 bridgehead atoms. The van der Waals surface area contributed by atoms with Crippen molar-refractivity contribution in [3.8, 4) is 0 Å². The van der Waals surface area contributed by atoms with E-state index >= 15 is 0 Å². The van der Waals surface area contributed by atoms with Crippen molar-refractivity contribution < 1.29 is 26.9 Å². The van der Waals surface area contributed by atoms with Gasteiger partial charge in [-0.2, -0.15) is 13.2 Å². The lowest BCUT2D eigenvalue weighted by molar-refractivity contribution is -0.179. The molecule has 168 valence electrons. The van der Waals surface area contributed by atoms with Gasteiger partial charge < -0.3 is 4.74 Å². The zero-order valence-corrected chi connectivity index (χ0v) is 18.8. The second-order valence-corrected chi connectivity index (χ2v) is 10.1. The van der Waals surface area contributed by atoms with Crippen LogP contribution >= 0.6 is 0 Å². The Balaban J connectivity index is 4.95. The van der Waals surface area contributed by atoms with Gasteiger partial charge in [0.25, 0.3) is 0 Å². The van der Waals surface area contributed by atoms with Gasteiger partial charge in [-0.15, -0.1) is 0 Å². The van der Waals surface area contributed by atoms with Gasteiger partial charge in [0.2, 0.25) is 0 Å². The third-order valence-electron chi connectivity index (χ3n) is 4.50. The second kappa shape index (κ2) is 13.6. The van der Waals surface area contributed by atoms with Crippen molar-refractivity contribution in [2.75, 3.05) is 6.61 Å². The van der Waals surface area contributed by atoms with E-state index in [2.05, 4.69) is 11.6 Å². The molecule has 0 saturated carbocycles. The van der Waals surface area contributed by atoms with Crippen LogP contribution in [0.4, 0.5) is 13.2 Å². The molecular weight excluding hydrogens is 391 g/mol. The Labute approximate surface area is 171 Å². The quantitative estimate of drug-likeness (QED) is 0.285. The first-order valence-electron chi connectivity index (χ1n) is 10.4. The van der Waals surface area contributed by atoms with Crippen molar-refractivity contribution in [1.82, 2.24) is 4.72 Å². The van der Waals surface area contributed by atoms with E-state index in [1.54, 1.807) is 27.7 Å². The molecule has 0 heterocycles. The highest BCUT2D eigenvalue weighted by Crippen LogP contribution is 2.31. The summed E-state index contributed by atoms with van der Waals surface area (Å²) in [4.78, 5) is 12.2. The van der Waals surface area contributed by atoms with Crippen LogP contribution < -0.4 is 4.72 Å². The van der Waals surface area contributed by atoms with Gasteiger partial charge in [-0.25, -0.2) is 8.93 Å². The molecule has 0 fully saturated rings. The Bertz CT molecular complexity index is 465. The van der Waals surface area contributed by atoms with Gasteiger partial charge in [-0.3, -0.25) is 4.79 Å². The summed E-state index contributed by atoms with van der Waals surface area (Å²) in [6, 6.07) is -2.18. The van der Waals surface area contributed by atoms with Crippen LogP contribution in [0.1, 0.15) is 92.4 Å². The number of rotatable bonds is 14. The average molecular weight is 430 g/mol. The second-order valence-electron chi connectivity index (χ2n) is 8.14. The summed E-state index contributed by atoms with van der Waals surface area (Å²) in [5.74, 6) is -2.28. The molecule has 1 N–H and O–H groups in total. The highest BCUT2D eigenvalue weighted by atomic mass is 32.2. The van der Waals surface area contributed by atoms with Crippen LogP contribution in [0.5, 0.6) is 0 Å². The number of hydrogen-bond acceptors (Lipinski definition) is 3. The Morgan fingerprint density at radius 3 is 1.89 bits per heavy atom. The minimum absolute atomic E-state index is 0.0136. The number of unbranched alkanes of at least 4 members (excludes halogenated alkanes) is 7. The normalized spacial score (nSPS) is 15.9. The molecule has 0 saturated heterocycles. The molecule has 3 atom stereocenters. The summed E-state index contributed by atoms with van der Waals surface area (Å²) in [5.41, 5.74) is 0. The third-order valence-corrected chi connectivity index (χ3v) is 6.08. The monoisotopic (exact) mass is 429 g/mol. The maximum atomic E-state index is 13.7. The highest BCUT2D eigenvalue weighted by Gasteiger charge is 2.49. The number of halogens is 3. The maximum Gasteiger partial charge on any atom is 0.405 e. The van der Waals surface area contributed by atoms with E-state index in [-0.39, 0.29) is 13.0 Å². The van der Waals surface area contributed by atoms with Crippen LogP contribution in [0.25, 0.3) is 0 Å². The van der Waals surface area contributed by atoms with E-state index in [1.165, 1.54) is 19.3 Å². The number of hydrogen-bond donors (Lipinski definition) is 1. The summed E-state index contributed by atoms with van der Waals surface area (Å²) in [5, 5.41) is 0. The molecule has 4 nitrogen and oxygen atoms in total. The van der Waals surface area contributed by atoms with Crippen molar-refractivity contribution in [2.45, 2.75) is 109 Å². The standard InChI is InChI=1S/C20H38F3NO3S/c1-6-8-9-10-11-12-13-14-15-16(18(25)27-7-2)17(20(21,22)23)24-28(26)19(3,4)5/h16-17,24H,6-15H2,1-5H3/t16-,17-,28-/m0/s1. The summed E-state index contributed by atoms with van der Waals surface area (Å²) in [6.45, 7) is 8.48. The van der Waals surface area contributed by atoms with Crippen molar-refractivity contribution in [1.29, 1.82) is 0 Å². The fourth-order valence-corrected chi connectivity index (χ4v) is 3.72.